The smallest absolute Gasteiger partial charge is 0.257 e. The van der Waals surface area contributed by atoms with Crippen LogP contribution in [0.1, 0.15) is 39.3 Å². The van der Waals surface area contributed by atoms with Crippen molar-refractivity contribution < 1.29 is 9.59 Å². The molecule has 178 valence electrons. The summed E-state index contributed by atoms with van der Waals surface area (Å²) in [4.78, 5) is 36.2. The lowest BCUT2D eigenvalue weighted by molar-refractivity contribution is -0.117. The van der Waals surface area contributed by atoms with Crippen molar-refractivity contribution in [2.75, 3.05) is 35.7 Å². The van der Waals surface area contributed by atoms with E-state index in [-0.39, 0.29) is 17.9 Å². The normalized spacial score (nSPS) is 17.5. The first kappa shape index (κ1) is 23.0. The van der Waals surface area contributed by atoms with E-state index in [1.807, 2.05) is 23.1 Å². The molecule has 5 rings (SSSR count). The third-order valence-corrected chi connectivity index (χ3v) is 7.40. The summed E-state index contributed by atoms with van der Waals surface area (Å²) in [5, 5.41) is 15.6. The number of rotatable bonds is 5. The van der Waals surface area contributed by atoms with E-state index in [4.69, 9.17) is 5.26 Å². The molecule has 2 N–H and O–H groups in total. The van der Waals surface area contributed by atoms with Crippen LogP contribution in [-0.4, -0.2) is 47.9 Å². The topological polar surface area (TPSA) is 101 Å². The lowest BCUT2D eigenvalue weighted by atomic mass is 10.1. The highest BCUT2D eigenvalue weighted by Crippen LogP contribution is 2.30. The van der Waals surface area contributed by atoms with Gasteiger partial charge in [-0.25, -0.2) is 4.98 Å². The number of hydrogen-bond acceptors (Lipinski definition) is 7. The number of aromatic nitrogens is 1. The molecule has 2 aromatic carbocycles. The van der Waals surface area contributed by atoms with Crippen molar-refractivity contribution in [3.05, 3.63) is 70.2 Å². The van der Waals surface area contributed by atoms with Crippen LogP contribution in [0.2, 0.25) is 0 Å². The van der Waals surface area contributed by atoms with Crippen LogP contribution in [0, 0.1) is 11.3 Å². The van der Waals surface area contributed by atoms with Gasteiger partial charge in [-0.15, -0.1) is 11.3 Å². The molecule has 0 radical (unpaired) electrons. The number of fused-ring (bicyclic) bond motifs is 1. The number of amides is 2. The van der Waals surface area contributed by atoms with Crippen LogP contribution in [0.25, 0.3) is 0 Å². The third-order valence-electron chi connectivity index (χ3n) is 6.40. The Balaban J connectivity index is 1.29. The van der Waals surface area contributed by atoms with E-state index in [1.54, 1.807) is 30.3 Å². The van der Waals surface area contributed by atoms with Crippen molar-refractivity contribution in [3.8, 4) is 6.07 Å². The predicted molar refractivity (Wildman–Crippen MR) is 137 cm³/mol. The van der Waals surface area contributed by atoms with Crippen LogP contribution in [0.4, 0.5) is 16.5 Å². The molecular weight excluding hydrogens is 460 g/mol. The number of nitrogens with one attached hydrogen (secondary N) is 2. The fraction of sp³-hybridized carbons (Fsp3) is 0.308. The number of likely N-dealkylation sites (N-methyl/N-ethyl adjacent to an activating group) is 1. The van der Waals surface area contributed by atoms with E-state index in [2.05, 4.69) is 33.6 Å². The Morgan fingerprint density at radius 1 is 1.14 bits per heavy atom. The Labute approximate surface area is 208 Å². The molecule has 1 saturated heterocycles. The van der Waals surface area contributed by atoms with Crippen molar-refractivity contribution >= 4 is 39.7 Å². The predicted octanol–water partition coefficient (Wildman–Crippen LogP) is 3.86. The van der Waals surface area contributed by atoms with Crippen molar-refractivity contribution in [3.63, 3.8) is 0 Å². The van der Waals surface area contributed by atoms with Crippen LogP contribution < -0.4 is 15.5 Å². The minimum Gasteiger partial charge on any atom is -0.359 e. The fourth-order valence-corrected chi connectivity index (χ4v) is 5.70. The number of hydrogen-bond donors (Lipinski definition) is 2. The Hall–Kier alpha value is -3.74. The van der Waals surface area contributed by atoms with Crippen molar-refractivity contribution in [1.82, 2.24) is 9.88 Å². The zero-order chi connectivity index (χ0) is 24.4. The molecule has 8 nitrogen and oxygen atoms in total. The summed E-state index contributed by atoms with van der Waals surface area (Å²) in [5.74, 6) is -0.328. The molecule has 35 heavy (non-hydrogen) atoms. The maximum absolute atomic E-state index is 13.1. The van der Waals surface area contributed by atoms with Crippen molar-refractivity contribution in [1.29, 1.82) is 5.26 Å². The average molecular weight is 487 g/mol. The third kappa shape index (κ3) is 5.04. The minimum atomic E-state index is -0.346. The molecule has 1 fully saturated rings. The molecule has 0 bridgehead atoms. The Morgan fingerprint density at radius 3 is 2.86 bits per heavy atom. The Bertz CT molecular complexity index is 1310. The van der Waals surface area contributed by atoms with Gasteiger partial charge in [-0.05, 0) is 56.3 Å². The Morgan fingerprint density at radius 2 is 2.00 bits per heavy atom. The van der Waals surface area contributed by atoms with Gasteiger partial charge in [-0.2, -0.15) is 5.26 Å². The molecular formula is C26H26N6O2S. The maximum atomic E-state index is 13.1. The molecule has 3 aromatic rings. The Kier molecular flexibility index (Phi) is 6.49. The SMILES string of the molecule is CN1CCc2nc(NC(=O)c3cccc(N4CCCC4C(=O)Nc4cccc(C#N)c4)c3)sc2C1. The van der Waals surface area contributed by atoms with Crippen LogP contribution >= 0.6 is 11.3 Å². The lowest BCUT2D eigenvalue weighted by Crippen LogP contribution is -2.39. The summed E-state index contributed by atoms with van der Waals surface area (Å²) >= 11 is 1.53. The van der Waals surface area contributed by atoms with E-state index < -0.39 is 0 Å². The molecule has 0 saturated carbocycles. The second-order valence-electron chi connectivity index (χ2n) is 8.91. The van der Waals surface area contributed by atoms with E-state index in [0.29, 0.717) is 21.9 Å². The largest absolute Gasteiger partial charge is 0.359 e. The fourth-order valence-electron chi connectivity index (χ4n) is 4.61. The van der Waals surface area contributed by atoms with Crippen LogP contribution in [0.15, 0.2) is 48.5 Å². The van der Waals surface area contributed by atoms with Gasteiger partial charge in [0.1, 0.15) is 6.04 Å². The van der Waals surface area contributed by atoms with Gasteiger partial charge in [0, 0.05) is 47.9 Å². The van der Waals surface area contributed by atoms with Gasteiger partial charge in [0.15, 0.2) is 5.13 Å². The van der Waals surface area contributed by atoms with Gasteiger partial charge in [-0.1, -0.05) is 12.1 Å². The van der Waals surface area contributed by atoms with Gasteiger partial charge in [-0.3, -0.25) is 14.9 Å². The van der Waals surface area contributed by atoms with E-state index in [1.165, 1.54) is 16.2 Å². The van der Waals surface area contributed by atoms with Gasteiger partial charge in [0.25, 0.3) is 5.91 Å². The number of nitriles is 1. The van der Waals surface area contributed by atoms with Crippen molar-refractivity contribution in [2.45, 2.75) is 31.8 Å². The van der Waals surface area contributed by atoms with Crippen LogP contribution in [0.5, 0.6) is 0 Å². The highest BCUT2D eigenvalue weighted by Gasteiger charge is 2.31. The molecule has 1 atom stereocenters. The second-order valence-corrected chi connectivity index (χ2v) is 10.00. The van der Waals surface area contributed by atoms with E-state index >= 15 is 0 Å². The highest BCUT2D eigenvalue weighted by molar-refractivity contribution is 7.15. The standard InChI is InChI=1S/C26H26N6O2S/c1-31-12-10-21-23(16-31)35-26(29-21)30-24(33)18-6-3-8-20(14-18)32-11-4-9-22(32)25(34)28-19-7-2-5-17(13-19)15-27/h2-3,5-8,13-14,22H,4,9-12,16H2,1H3,(H,28,34)(H,29,30,33). The van der Waals surface area contributed by atoms with Gasteiger partial charge >= 0.3 is 0 Å². The van der Waals surface area contributed by atoms with Crippen LogP contribution in [0.3, 0.4) is 0 Å². The summed E-state index contributed by atoms with van der Waals surface area (Å²) in [6.45, 7) is 2.56. The van der Waals surface area contributed by atoms with Gasteiger partial charge in [0.05, 0.1) is 17.3 Å². The van der Waals surface area contributed by atoms with Gasteiger partial charge in [0.2, 0.25) is 5.91 Å². The number of nitrogens with zero attached hydrogens (tertiary/aromatic N) is 4. The lowest BCUT2D eigenvalue weighted by Gasteiger charge is -2.26. The molecule has 0 aliphatic carbocycles. The quantitative estimate of drug-likeness (QED) is 0.568. The van der Waals surface area contributed by atoms with Gasteiger partial charge < -0.3 is 15.1 Å². The molecule has 9 heteroatoms. The summed E-state index contributed by atoms with van der Waals surface area (Å²) < 4.78 is 0. The summed E-state index contributed by atoms with van der Waals surface area (Å²) in [5.41, 5.74) is 3.54. The van der Waals surface area contributed by atoms with Crippen molar-refractivity contribution in [2.24, 2.45) is 0 Å². The summed E-state index contributed by atoms with van der Waals surface area (Å²) in [6.07, 6.45) is 2.50. The first-order chi connectivity index (χ1) is 17.0. The monoisotopic (exact) mass is 486 g/mol. The first-order valence-corrected chi connectivity index (χ1v) is 12.5. The minimum absolute atomic E-state index is 0.120. The number of anilines is 3. The van der Waals surface area contributed by atoms with Crippen LogP contribution in [-0.2, 0) is 17.8 Å². The van der Waals surface area contributed by atoms with E-state index in [0.717, 1.165) is 50.3 Å². The molecule has 1 unspecified atom stereocenters. The van der Waals surface area contributed by atoms with E-state index in [9.17, 15) is 9.59 Å². The molecule has 2 amide bonds. The second kappa shape index (κ2) is 9.86. The maximum Gasteiger partial charge on any atom is 0.257 e. The number of benzene rings is 2. The number of carbonyl (C=O) groups is 2. The molecule has 3 heterocycles. The summed E-state index contributed by atoms with van der Waals surface area (Å²) in [6, 6.07) is 16.0. The molecule has 1 aromatic heterocycles. The summed E-state index contributed by atoms with van der Waals surface area (Å²) in [7, 11) is 2.09. The first-order valence-electron chi connectivity index (χ1n) is 11.7. The molecule has 2 aliphatic rings. The average Bonchev–Trinajstić information content (AvgIpc) is 3.51. The number of thiazole rings is 1. The molecule has 2 aliphatic heterocycles. The zero-order valence-electron chi connectivity index (χ0n) is 19.5. The highest BCUT2D eigenvalue weighted by atomic mass is 32.1. The zero-order valence-corrected chi connectivity index (χ0v) is 20.3. The number of carbonyl (C=O) groups excluding carboxylic acids is 2. The molecule has 0 spiro atoms.